The minimum atomic E-state index is -0.619. The fraction of sp³-hybridized carbons (Fsp3) is 0.200. The number of amides is 1. The van der Waals surface area contributed by atoms with Crippen LogP contribution < -0.4 is 10.1 Å². The summed E-state index contributed by atoms with van der Waals surface area (Å²) in [5.41, 5.74) is 2.28. The number of aliphatic hydroxyl groups is 1. The van der Waals surface area contributed by atoms with Crippen molar-refractivity contribution in [1.82, 2.24) is 24.4 Å². The maximum atomic E-state index is 13.0. The molecule has 2 N–H and O–H groups in total. The number of hydrogen-bond donors (Lipinski definition) is 2. The lowest BCUT2D eigenvalue weighted by molar-refractivity contribution is 0.102. The molecule has 3 heterocycles. The molecule has 3 aromatic heterocycles. The standard InChI is InChI=1S/C20H19ClN6O3/c1-12(28)10-26-11-16(18(25-26)14-8-13(21)4-5-17(14)30-2)24-20(29)15-9-23-27-7-3-6-22-19(15)27/h3-9,11-12,28H,10H2,1-2H3,(H,24,29). The number of aliphatic hydroxyl groups excluding tert-OH is 1. The minimum absolute atomic E-state index is 0.254. The molecule has 1 amide bonds. The quantitative estimate of drug-likeness (QED) is 0.491. The number of ether oxygens (including phenoxy) is 1. The lowest BCUT2D eigenvalue weighted by Gasteiger charge is -2.09. The van der Waals surface area contributed by atoms with Crippen molar-refractivity contribution in [2.45, 2.75) is 19.6 Å². The molecule has 0 fully saturated rings. The summed E-state index contributed by atoms with van der Waals surface area (Å²) in [7, 11) is 1.54. The SMILES string of the molecule is COc1ccc(Cl)cc1-c1nn(CC(C)O)cc1NC(=O)c1cnn2cccnc12. The third kappa shape index (κ3) is 3.85. The van der Waals surface area contributed by atoms with Gasteiger partial charge in [0.25, 0.3) is 5.91 Å². The number of nitrogens with one attached hydrogen (secondary N) is 1. The number of fused-ring (bicyclic) bond motifs is 1. The molecule has 0 aliphatic carbocycles. The average molecular weight is 427 g/mol. The van der Waals surface area contributed by atoms with E-state index >= 15 is 0 Å². The second kappa shape index (κ2) is 8.13. The molecule has 9 nitrogen and oxygen atoms in total. The van der Waals surface area contributed by atoms with Crippen LogP contribution in [0.3, 0.4) is 0 Å². The van der Waals surface area contributed by atoms with Gasteiger partial charge >= 0.3 is 0 Å². The number of hydrogen-bond acceptors (Lipinski definition) is 6. The molecule has 4 rings (SSSR count). The van der Waals surface area contributed by atoms with Gasteiger partial charge in [-0.1, -0.05) is 11.6 Å². The summed E-state index contributed by atoms with van der Waals surface area (Å²) in [5.74, 6) is 0.164. The Morgan fingerprint density at radius 2 is 2.23 bits per heavy atom. The number of rotatable bonds is 6. The summed E-state index contributed by atoms with van der Waals surface area (Å²) < 4.78 is 8.52. The summed E-state index contributed by atoms with van der Waals surface area (Å²) in [5, 5.41) is 21.8. The Hall–Kier alpha value is -3.43. The molecule has 0 aliphatic rings. The molecule has 1 atom stereocenters. The molecule has 30 heavy (non-hydrogen) atoms. The maximum absolute atomic E-state index is 13.0. The summed E-state index contributed by atoms with van der Waals surface area (Å²) >= 11 is 6.18. The molecule has 10 heteroatoms. The number of methoxy groups -OCH3 is 1. The van der Waals surface area contributed by atoms with Crippen molar-refractivity contribution in [3.05, 3.63) is 59.6 Å². The van der Waals surface area contributed by atoms with Gasteiger partial charge in [0, 0.05) is 29.2 Å². The molecule has 154 valence electrons. The zero-order valence-corrected chi connectivity index (χ0v) is 17.0. The van der Waals surface area contributed by atoms with Crippen LogP contribution in [0.1, 0.15) is 17.3 Å². The fourth-order valence-electron chi connectivity index (χ4n) is 3.12. The highest BCUT2D eigenvalue weighted by Gasteiger charge is 2.21. The zero-order valence-electron chi connectivity index (χ0n) is 16.3. The topological polar surface area (TPSA) is 107 Å². The molecular weight excluding hydrogens is 408 g/mol. The minimum Gasteiger partial charge on any atom is -0.496 e. The van der Waals surface area contributed by atoms with E-state index in [2.05, 4.69) is 20.5 Å². The molecule has 1 unspecified atom stereocenters. The van der Waals surface area contributed by atoms with Crippen LogP contribution in [0.5, 0.6) is 5.75 Å². The smallest absolute Gasteiger partial charge is 0.261 e. The van der Waals surface area contributed by atoms with Crippen LogP contribution in [0.25, 0.3) is 16.9 Å². The van der Waals surface area contributed by atoms with E-state index in [1.807, 2.05) is 0 Å². The van der Waals surface area contributed by atoms with E-state index in [-0.39, 0.29) is 12.5 Å². The lowest BCUT2D eigenvalue weighted by Crippen LogP contribution is -2.13. The van der Waals surface area contributed by atoms with E-state index in [1.54, 1.807) is 61.6 Å². The number of aromatic nitrogens is 5. The number of carbonyl (C=O) groups excluding carboxylic acids is 1. The molecule has 0 bridgehead atoms. The molecule has 0 spiro atoms. The highest BCUT2D eigenvalue weighted by Crippen LogP contribution is 2.36. The molecule has 0 saturated carbocycles. The van der Waals surface area contributed by atoms with Gasteiger partial charge in [-0.15, -0.1) is 0 Å². The Morgan fingerprint density at radius 3 is 3.00 bits per heavy atom. The van der Waals surface area contributed by atoms with Gasteiger partial charge in [0.1, 0.15) is 17.0 Å². The first-order valence-corrected chi connectivity index (χ1v) is 9.53. The average Bonchev–Trinajstić information content (AvgIpc) is 3.31. The summed E-state index contributed by atoms with van der Waals surface area (Å²) in [6.07, 6.45) is 5.79. The Kier molecular flexibility index (Phi) is 5.39. The monoisotopic (exact) mass is 426 g/mol. The predicted molar refractivity (Wildman–Crippen MR) is 112 cm³/mol. The Morgan fingerprint density at radius 1 is 1.40 bits per heavy atom. The Bertz CT molecular complexity index is 1220. The van der Waals surface area contributed by atoms with Crippen LogP contribution >= 0.6 is 11.6 Å². The predicted octanol–water partition coefficient (Wildman–Crippen LogP) is 2.89. The largest absolute Gasteiger partial charge is 0.496 e. The van der Waals surface area contributed by atoms with Gasteiger partial charge in [0.05, 0.1) is 31.6 Å². The number of halogens is 1. The van der Waals surface area contributed by atoms with Crippen molar-refractivity contribution >= 4 is 28.8 Å². The third-order valence-electron chi connectivity index (χ3n) is 4.40. The van der Waals surface area contributed by atoms with Crippen LogP contribution in [0.15, 0.2) is 49.1 Å². The highest BCUT2D eigenvalue weighted by atomic mass is 35.5. The van der Waals surface area contributed by atoms with E-state index in [0.717, 1.165) is 0 Å². The fourth-order valence-corrected chi connectivity index (χ4v) is 3.29. The van der Waals surface area contributed by atoms with Gasteiger partial charge in [0.2, 0.25) is 0 Å². The number of anilines is 1. The van der Waals surface area contributed by atoms with E-state index in [4.69, 9.17) is 16.3 Å². The van der Waals surface area contributed by atoms with Crippen molar-refractivity contribution in [2.24, 2.45) is 0 Å². The summed E-state index contributed by atoms with van der Waals surface area (Å²) in [4.78, 5) is 17.2. The number of nitrogens with zero attached hydrogens (tertiary/aromatic N) is 5. The van der Waals surface area contributed by atoms with Crippen LogP contribution in [0.4, 0.5) is 5.69 Å². The van der Waals surface area contributed by atoms with E-state index in [0.29, 0.717) is 38.9 Å². The zero-order chi connectivity index (χ0) is 21.3. The number of carbonyl (C=O) groups is 1. The lowest BCUT2D eigenvalue weighted by atomic mass is 10.1. The van der Waals surface area contributed by atoms with Crippen molar-refractivity contribution < 1.29 is 14.6 Å². The molecule has 4 aromatic rings. The first-order chi connectivity index (χ1) is 14.5. The van der Waals surface area contributed by atoms with Crippen molar-refractivity contribution in [2.75, 3.05) is 12.4 Å². The van der Waals surface area contributed by atoms with Crippen molar-refractivity contribution in [3.63, 3.8) is 0 Å². The third-order valence-corrected chi connectivity index (χ3v) is 4.64. The first-order valence-electron chi connectivity index (χ1n) is 9.15. The van der Waals surface area contributed by atoms with E-state index < -0.39 is 6.10 Å². The molecular formula is C20H19ClN6O3. The summed E-state index contributed by atoms with van der Waals surface area (Å²) in [6, 6.07) is 6.87. The summed E-state index contributed by atoms with van der Waals surface area (Å²) in [6.45, 7) is 1.91. The second-order valence-electron chi connectivity index (χ2n) is 6.71. The van der Waals surface area contributed by atoms with E-state index in [1.165, 1.54) is 10.7 Å². The van der Waals surface area contributed by atoms with Gasteiger partial charge in [-0.05, 0) is 31.2 Å². The molecule has 0 saturated heterocycles. The first kappa shape index (κ1) is 19.9. The molecule has 1 aromatic carbocycles. The van der Waals surface area contributed by atoms with Gasteiger partial charge in [-0.3, -0.25) is 9.48 Å². The molecule has 0 radical (unpaired) electrons. The van der Waals surface area contributed by atoms with Crippen LogP contribution in [-0.2, 0) is 6.54 Å². The Labute approximate surface area is 176 Å². The highest BCUT2D eigenvalue weighted by molar-refractivity contribution is 6.31. The Balaban J connectivity index is 1.76. The van der Waals surface area contributed by atoms with Gasteiger partial charge in [-0.2, -0.15) is 10.2 Å². The number of benzene rings is 1. The van der Waals surface area contributed by atoms with Gasteiger partial charge < -0.3 is 15.2 Å². The molecule has 0 aliphatic heterocycles. The van der Waals surface area contributed by atoms with Gasteiger partial charge in [0.15, 0.2) is 5.65 Å². The van der Waals surface area contributed by atoms with Crippen LogP contribution in [0.2, 0.25) is 5.02 Å². The van der Waals surface area contributed by atoms with E-state index in [9.17, 15) is 9.90 Å². The van der Waals surface area contributed by atoms with Crippen molar-refractivity contribution in [1.29, 1.82) is 0 Å². The van der Waals surface area contributed by atoms with Gasteiger partial charge in [-0.25, -0.2) is 9.50 Å². The van der Waals surface area contributed by atoms with Crippen molar-refractivity contribution in [3.8, 4) is 17.0 Å². The maximum Gasteiger partial charge on any atom is 0.261 e. The normalized spacial score (nSPS) is 12.1. The second-order valence-corrected chi connectivity index (χ2v) is 7.14. The van der Waals surface area contributed by atoms with Crippen LogP contribution in [-0.4, -0.2) is 48.6 Å². The van der Waals surface area contributed by atoms with Crippen LogP contribution in [0, 0.1) is 0 Å².